The van der Waals surface area contributed by atoms with Crippen molar-refractivity contribution in [3.8, 4) is 5.75 Å². The number of ether oxygens (including phenoxy) is 2. The van der Waals surface area contributed by atoms with Gasteiger partial charge in [-0.1, -0.05) is 18.2 Å². The molecule has 10 heteroatoms. The SMILES string of the molecule is CCOC(=O)c1cnc2ccc(OC(F)(F)F)cc2c1Nc1ccccc1C(=O)[O-]. The predicted molar refractivity (Wildman–Crippen MR) is 98.4 cm³/mol. The van der Waals surface area contributed by atoms with Gasteiger partial charge in [0.1, 0.15) is 11.3 Å². The number of carboxylic acids is 1. The van der Waals surface area contributed by atoms with Crippen molar-refractivity contribution in [3.63, 3.8) is 0 Å². The van der Waals surface area contributed by atoms with E-state index in [1.807, 2.05) is 0 Å². The van der Waals surface area contributed by atoms with Gasteiger partial charge in [-0.2, -0.15) is 0 Å². The van der Waals surface area contributed by atoms with Crippen LogP contribution in [0.1, 0.15) is 27.6 Å². The number of halogens is 3. The van der Waals surface area contributed by atoms with Crippen molar-refractivity contribution < 1.29 is 37.3 Å². The van der Waals surface area contributed by atoms with Gasteiger partial charge in [0.2, 0.25) is 0 Å². The Morgan fingerprint density at radius 3 is 2.53 bits per heavy atom. The third kappa shape index (κ3) is 4.59. The molecule has 0 aliphatic heterocycles. The van der Waals surface area contributed by atoms with Crippen molar-refractivity contribution >= 4 is 34.2 Å². The molecule has 3 aromatic rings. The Kier molecular flexibility index (Phi) is 5.77. The van der Waals surface area contributed by atoms with E-state index in [0.717, 1.165) is 12.1 Å². The fourth-order valence-corrected chi connectivity index (χ4v) is 2.77. The van der Waals surface area contributed by atoms with Crippen molar-refractivity contribution in [2.24, 2.45) is 0 Å². The lowest BCUT2D eigenvalue weighted by molar-refractivity contribution is -0.274. The average molecular weight is 419 g/mol. The first-order valence-electron chi connectivity index (χ1n) is 8.62. The smallest absolute Gasteiger partial charge is 0.545 e. The molecule has 7 nitrogen and oxygen atoms in total. The number of nitrogens with zero attached hydrogens (tertiary/aromatic N) is 1. The number of rotatable bonds is 6. The number of benzene rings is 2. The highest BCUT2D eigenvalue weighted by Gasteiger charge is 2.31. The van der Waals surface area contributed by atoms with Crippen molar-refractivity contribution in [1.29, 1.82) is 0 Å². The van der Waals surface area contributed by atoms with Crippen LogP contribution in [0.2, 0.25) is 0 Å². The van der Waals surface area contributed by atoms with Crippen LogP contribution >= 0.6 is 0 Å². The molecule has 0 unspecified atom stereocenters. The zero-order valence-corrected chi connectivity index (χ0v) is 15.4. The van der Waals surface area contributed by atoms with Crippen LogP contribution in [0.5, 0.6) is 5.75 Å². The third-order valence-corrected chi connectivity index (χ3v) is 3.97. The maximum absolute atomic E-state index is 12.6. The van der Waals surface area contributed by atoms with Gasteiger partial charge in [0, 0.05) is 22.8 Å². The largest absolute Gasteiger partial charge is 0.573 e. The number of hydrogen-bond acceptors (Lipinski definition) is 7. The maximum Gasteiger partial charge on any atom is 0.573 e. The van der Waals surface area contributed by atoms with Gasteiger partial charge in [0.05, 0.1) is 23.8 Å². The molecule has 1 aromatic heterocycles. The monoisotopic (exact) mass is 419 g/mol. The van der Waals surface area contributed by atoms with E-state index in [2.05, 4.69) is 15.0 Å². The highest BCUT2D eigenvalue weighted by Crippen LogP contribution is 2.34. The summed E-state index contributed by atoms with van der Waals surface area (Å²) >= 11 is 0. The quantitative estimate of drug-likeness (QED) is 0.611. The second kappa shape index (κ2) is 8.27. The van der Waals surface area contributed by atoms with Crippen LogP contribution in [0.15, 0.2) is 48.7 Å². The molecule has 30 heavy (non-hydrogen) atoms. The minimum atomic E-state index is -4.92. The van der Waals surface area contributed by atoms with Crippen molar-refractivity contribution in [2.75, 3.05) is 11.9 Å². The van der Waals surface area contributed by atoms with E-state index >= 15 is 0 Å². The zero-order valence-electron chi connectivity index (χ0n) is 15.4. The molecule has 3 rings (SSSR count). The molecule has 0 saturated heterocycles. The van der Waals surface area contributed by atoms with Crippen LogP contribution in [-0.4, -0.2) is 29.9 Å². The summed E-state index contributed by atoms with van der Waals surface area (Å²) in [6, 6.07) is 9.12. The Bertz CT molecular complexity index is 1120. The van der Waals surface area contributed by atoms with Crippen LogP contribution in [0, 0.1) is 0 Å². The van der Waals surface area contributed by atoms with Crippen molar-refractivity contribution in [3.05, 3.63) is 59.8 Å². The predicted octanol–water partition coefficient (Wildman–Crippen LogP) is 3.42. The molecule has 1 heterocycles. The number of hydrogen-bond donors (Lipinski definition) is 1. The number of alkyl halides is 3. The molecule has 2 aromatic carbocycles. The van der Waals surface area contributed by atoms with E-state index < -0.39 is 24.1 Å². The summed E-state index contributed by atoms with van der Waals surface area (Å²) in [5.41, 5.74) is 0.0186. The highest BCUT2D eigenvalue weighted by atomic mass is 19.4. The number of esters is 1. The minimum Gasteiger partial charge on any atom is -0.545 e. The van der Waals surface area contributed by atoms with Gasteiger partial charge < -0.3 is 24.7 Å². The lowest BCUT2D eigenvalue weighted by Gasteiger charge is -2.17. The molecule has 0 atom stereocenters. The van der Waals surface area contributed by atoms with Crippen LogP contribution in [-0.2, 0) is 4.74 Å². The molecule has 0 saturated carbocycles. The summed E-state index contributed by atoms with van der Waals surface area (Å²) in [6.45, 7) is 1.63. The van der Waals surface area contributed by atoms with Gasteiger partial charge in [-0.25, -0.2) is 4.79 Å². The van der Waals surface area contributed by atoms with E-state index in [0.29, 0.717) is 0 Å². The number of carbonyl (C=O) groups excluding carboxylic acids is 2. The van der Waals surface area contributed by atoms with Crippen LogP contribution < -0.4 is 15.2 Å². The lowest BCUT2D eigenvalue weighted by atomic mass is 10.1. The number of aromatic carboxylic acids is 1. The molecular formula is C20H14F3N2O5-. The maximum atomic E-state index is 12.6. The van der Waals surface area contributed by atoms with Crippen LogP contribution in [0.4, 0.5) is 24.5 Å². The Morgan fingerprint density at radius 2 is 1.87 bits per heavy atom. The Balaban J connectivity index is 2.21. The highest BCUT2D eigenvalue weighted by molar-refractivity contribution is 6.07. The number of para-hydroxylation sites is 1. The summed E-state index contributed by atoms with van der Waals surface area (Å²) < 4.78 is 46.8. The van der Waals surface area contributed by atoms with E-state index in [-0.39, 0.29) is 40.0 Å². The van der Waals surface area contributed by atoms with E-state index in [1.54, 1.807) is 13.0 Å². The minimum absolute atomic E-state index is 0.0137. The molecule has 0 fully saturated rings. The lowest BCUT2D eigenvalue weighted by Crippen LogP contribution is -2.23. The Morgan fingerprint density at radius 1 is 1.13 bits per heavy atom. The van der Waals surface area contributed by atoms with Crippen molar-refractivity contribution in [1.82, 2.24) is 4.98 Å². The first-order valence-corrected chi connectivity index (χ1v) is 8.62. The Labute approximate surface area is 168 Å². The van der Waals surface area contributed by atoms with Gasteiger partial charge in [-0.15, -0.1) is 13.2 Å². The van der Waals surface area contributed by atoms with Gasteiger partial charge in [0.15, 0.2) is 0 Å². The fourth-order valence-electron chi connectivity index (χ4n) is 2.77. The standard InChI is InChI=1S/C20H15F3N2O5/c1-2-29-19(28)14-10-24-15-8-7-11(30-20(21,22)23)9-13(15)17(14)25-16-6-4-3-5-12(16)18(26)27/h3-10H,2H2,1H3,(H,24,25)(H,26,27)/p-1. The summed E-state index contributed by atoms with van der Waals surface area (Å²) in [5.74, 6) is -2.80. The topological polar surface area (TPSA) is 101 Å². The molecule has 0 aliphatic carbocycles. The molecule has 156 valence electrons. The summed E-state index contributed by atoms with van der Waals surface area (Å²) in [7, 11) is 0. The molecular weight excluding hydrogens is 405 g/mol. The van der Waals surface area contributed by atoms with Crippen molar-refractivity contribution in [2.45, 2.75) is 13.3 Å². The number of carbonyl (C=O) groups is 2. The summed E-state index contributed by atoms with van der Waals surface area (Å²) in [4.78, 5) is 27.9. The summed E-state index contributed by atoms with van der Waals surface area (Å²) in [6.07, 6.45) is -3.73. The molecule has 1 N–H and O–H groups in total. The molecule has 0 spiro atoms. The third-order valence-electron chi connectivity index (χ3n) is 3.97. The number of carboxylic acid groups (broad SMARTS) is 1. The second-order valence-electron chi connectivity index (χ2n) is 5.95. The van der Waals surface area contributed by atoms with E-state index in [4.69, 9.17) is 4.74 Å². The van der Waals surface area contributed by atoms with E-state index in [9.17, 15) is 27.9 Å². The number of pyridine rings is 1. The van der Waals surface area contributed by atoms with Gasteiger partial charge in [0.25, 0.3) is 0 Å². The molecule has 0 aliphatic rings. The zero-order chi connectivity index (χ0) is 21.9. The van der Waals surface area contributed by atoms with Crippen LogP contribution in [0.3, 0.4) is 0 Å². The normalized spacial score (nSPS) is 11.2. The first kappa shape index (κ1) is 20.9. The van der Waals surface area contributed by atoms with Gasteiger partial charge in [-0.3, -0.25) is 4.98 Å². The molecule has 0 radical (unpaired) electrons. The average Bonchev–Trinajstić information content (AvgIpc) is 2.67. The number of anilines is 2. The van der Waals surface area contributed by atoms with E-state index in [1.165, 1.54) is 30.5 Å². The fraction of sp³-hybridized carbons (Fsp3) is 0.150. The van der Waals surface area contributed by atoms with Gasteiger partial charge in [-0.05, 0) is 31.2 Å². The number of aromatic nitrogens is 1. The summed E-state index contributed by atoms with van der Waals surface area (Å²) in [5, 5.41) is 14.3. The number of nitrogens with one attached hydrogen (secondary N) is 1. The first-order chi connectivity index (χ1) is 14.2. The Hall–Kier alpha value is -3.82. The molecule has 0 amide bonds. The number of fused-ring (bicyclic) bond motifs is 1. The second-order valence-corrected chi connectivity index (χ2v) is 5.95. The molecule has 0 bridgehead atoms. The van der Waals surface area contributed by atoms with Gasteiger partial charge >= 0.3 is 12.3 Å². The van der Waals surface area contributed by atoms with Crippen LogP contribution in [0.25, 0.3) is 10.9 Å².